The van der Waals surface area contributed by atoms with E-state index in [-0.39, 0.29) is 22.2 Å². The van der Waals surface area contributed by atoms with Gasteiger partial charge in [0.25, 0.3) is 5.69 Å². The number of hydrogen-bond donors (Lipinski definition) is 0. The molecule has 0 aliphatic carbocycles. The van der Waals surface area contributed by atoms with Gasteiger partial charge in [-0.2, -0.15) is 0 Å². The predicted molar refractivity (Wildman–Crippen MR) is 81.5 cm³/mol. The van der Waals surface area contributed by atoms with Crippen LogP contribution in [0.1, 0.15) is 19.7 Å². The van der Waals surface area contributed by atoms with Crippen molar-refractivity contribution in [2.24, 2.45) is 5.92 Å². The topological polar surface area (TPSA) is 73.8 Å². The van der Waals surface area contributed by atoms with Crippen molar-refractivity contribution in [3.63, 3.8) is 0 Å². The minimum absolute atomic E-state index is 0.0963. The standard InChI is InChI=1S/C13H14Cl2N4O2/c1-8(2)7-18-11(6-14)16-17-13(18)12-9(15)4-3-5-10(12)19(20)21/h3-5,8H,6-7H2,1-2H3. The third-order valence-corrected chi connectivity index (χ3v) is 3.46. The molecule has 0 spiro atoms. The van der Waals surface area contributed by atoms with Crippen molar-refractivity contribution in [2.45, 2.75) is 26.3 Å². The molecule has 21 heavy (non-hydrogen) atoms. The molecule has 2 rings (SSSR count). The number of nitrogens with zero attached hydrogens (tertiary/aromatic N) is 4. The van der Waals surface area contributed by atoms with Gasteiger partial charge in [-0.05, 0) is 12.0 Å². The van der Waals surface area contributed by atoms with E-state index in [0.717, 1.165) is 0 Å². The van der Waals surface area contributed by atoms with Crippen LogP contribution in [-0.2, 0) is 12.4 Å². The van der Waals surface area contributed by atoms with Gasteiger partial charge in [-0.25, -0.2) is 0 Å². The third kappa shape index (κ3) is 3.16. The van der Waals surface area contributed by atoms with E-state index in [2.05, 4.69) is 10.2 Å². The zero-order valence-electron chi connectivity index (χ0n) is 11.6. The molecule has 0 saturated carbocycles. The van der Waals surface area contributed by atoms with E-state index in [1.807, 2.05) is 13.8 Å². The highest BCUT2D eigenvalue weighted by Gasteiger charge is 2.25. The van der Waals surface area contributed by atoms with Gasteiger partial charge in [0.15, 0.2) is 5.82 Å². The Morgan fingerprint density at radius 2 is 2.10 bits per heavy atom. The van der Waals surface area contributed by atoms with Gasteiger partial charge < -0.3 is 4.57 Å². The Hall–Kier alpha value is -1.66. The van der Waals surface area contributed by atoms with E-state index in [4.69, 9.17) is 23.2 Å². The van der Waals surface area contributed by atoms with Crippen molar-refractivity contribution in [2.75, 3.05) is 0 Å². The molecule has 1 aromatic heterocycles. The average molecular weight is 329 g/mol. The van der Waals surface area contributed by atoms with E-state index in [1.165, 1.54) is 12.1 Å². The Morgan fingerprint density at radius 3 is 2.67 bits per heavy atom. The van der Waals surface area contributed by atoms with Gasteiger partial charge in [-0.15, -0.1) is 21.8 Å². The number of alkyl halides is 1. The van der Waals surface area contributed by atoms with Crippen LogP contribution >= 0.6 is 23.2 Å². The van der Waals surface area contributed by atoms with Crippen LogP contribution in [0.2, 0.25) is 5.02 Å². The van der Waals surface area contributed by atoms with Gasteiger partial charge in [0, 0.05) is 12.6 Å². The summed E-state index contributed by atoms with van der Waals surface area (Å²) in [4.78, 5) is 10.7. The minimum atomic E-state index is -0.476. The normalized spacial score (nSPS) is 11.1. The molecule has 0 aliphatic rings. The summed E-state index contributed by atoms with van der Waals surface area (Å²) in [6.45, 7) is 4.67. The number of rotatable bonds is 5. The number of nitro groups is 1. The van der Waals surface area contributed by atoms with Gasteiger partial charge in [0.1, 0.15) is 11.4 Å². The van der Waals surface area contributed by atoms with E-state index < -0.39 is 4.92 Å². The zero-order valence-corrected chi connectivity index (χ0v) is 13.1. The summed E-state index contributed by atoms with van der Waals surface area (Å²) >= 11 is 12.0. The zero-order chi connectivity index (χ0) is 15.6. The molecule has 6 nitrogen and oxygen atoms in total. The molecular formula is C13H14Cl2N4O2. The maximum Gasteiger partial charge on any atom is 0.281 e. The van der Waals surface area contributed by atoms with E-state index in [1.54, 1.807) is 10.6 Å². The van der Waals surface area contributed by atoms with E-state index >= 15 is 0 Å². The number of benzene rings is 1. The van der Waals surface area contributed by atoms with Crippen LogP contribution in [0.4, 0.5) is 5.69 Å². The lowest BCUT2D eigenvalue weighted by Gasteiger charge is -2.12. The van der Waals surface area contributed by atoms with Gasteiger partial charge >= 0.3 is 0 Å². The van der Waals surface area contributed by atoms with Crippen LogP contribution in [0.3, 0.4) is 0 Å². The quantitative estimate of drug-likeness (QED) is 0.474. The molecule has 0 aliphatic heterocycles. The molecule has 0 unspecified atom stereocenters. The first-order chi connectivity index (χ1) is 9.95. The summed E-state index contributed by atoms with van der Waals surface area (Å²) in [6.07, 6.45) is 0. The molecular weight excluding hydrogens is 315 g/mol. The smallest absolute Gasteiger partial charge is 0.281 e. The van der Waals surface area contributed by atoms with Crippen molar-refractivity contribution in [3.8, 4) is 11.4 Å². The van der Waals surface area contributed by atoms with Crippen molar-refractivity contribution in [1.29, 1.82) is 0 Å². The SMILES string of the molecule is CC(C)Cn1c(CCl)nnc1-c1c(Cl)cccc1[N+](=O)[O-]. The van der Waals surface area contributed by atoms with Crippen molar-refractivity contribution in [3.05, 3.63) is 39.2 Å². The summed E-state index contributed by atoms with van der Waals surface area (Å²) in [5.41, 5.74) is 0.176. The highest BCUT2D eigenvalue weighted by Crippen LogP contribution is 2.35. The summed E-state index contributed by atoms with van der Waals surface area (Å²) in [7, 11) is 0. The monoisotopic (exact) mass is 328 g/mol. The molecule has 1 heterocycles. The summed E-state index contributed by atoms with van der Waals surface area (Å²) in [5, 5.41) is 19.5. The lowest BCUT2D eigenvalue weighted by Crippen LogP contribution is -2.10. The van der Waals surface area contributed by atoms with E-state index in [9.17, 15) is 10.1 Å². The van der Waals surface area contributed by atoms with Gasteiger partial charge in [-0.3, -0.25) is 10.1 Å². The summed E-state index contributed by atoms with van der Waals surface area (Å²) in [6, 6.07) is 4.53. The molecule has 0 saturated heterocycles. The fourth-order valence-electron chi connectivity index (χ4n) is 2.06. The average Bonchev–Trinajstić information content (AvgIpc) is 2.80. The van der Waals surface area contributed by atoms with Gasteiger partial charge in [0.2, 0.25) is 0 Å². The Kier molecular flexibility index (Phi) is 4.80. The molecule has 8 heteroatoms. The highest BCUT2D eigenvalue weighted by atomic mass is 35.5. The summed E-state index contributed by atoms with van der Waals surface area (Å²) < 4.78 is 1.78. The highest BCUT2D eigenvalue weighted by molar-refractivity contribution is 6.33. The van der Waals surface area contributed by atoms with Crippen molar-refractivity contribution >= 4 is 28.9 Å². The van der Waals surface area contributed by atoms with Crippen LogP contribution in [-0.4, -0.2) is 19.7 Å². The molecule has 0 bridgehead atoms. The second-order valence-electron chi connectivity index (χ2n) is 4.97. The Bertz CT molecular complexity index is 670. The van der Waals surface area contributed by atoms with Gasteiger partial charge in [-0.1, -0.05) is 31.5 Å². The molecule has 2 aromatic rings. The molecule has 0 fully saturated rings. The van der Waals surface area contributed by atoms with Gasteiger partial charge in [0.05, 0.1) is 15.8 Å². The molecule has 1 aromatic carbocycles. The first-order valence-electron chi connectivity index (χ1n) is 6.37. The Labute approximate surface area is 131 Å². The fraction of sp³-hybridized carbons (Fsp3) is 0.385. The van der Waals surface area contributed by atoms with E-state index in [0.29, 0.717) is 24.1 Å². The van der Waals surface area contributed by atoms with Crippen LogP contribution in [0.25, 0.3) is 11.4 Å². The second-order valence-corrected chi connectivity index (χ2v) is 5.64. The van der Waals surface area contributed by atoms with Crippen LogP contribution < -0.4 is 0 Å². The van der Waals surface area contributed by atoms with Crippen LogP contribution in [0.5, 0.6) is 0 Å². The first-order valence-corrected chi connectivity index (χ1v) is 7.28. The van der Waals surface area contributed by atoms with Crippen molar-refractivity contribution < 1.29 is 4.92 Å². The maximum atomic E-state index is 11.2. The maximum absolute atomic E-state index is 11.2. The first kappa shape index (κ1) is 15.7. The lowest BCUT2D eigenvalue weighted by atomic mass is 10.1. The number of hydrogen-bond acceptors (Lipinski definition) is 4. The van der Waals surface area contributed by atoms with Crippen LogP contribution in [0.15, 0.2) is 18.2 Å². The van der Waals surface area contributed by atoms with Crippen molar-refractivity contribution in [1.82, 2.24) is 14.8 Å². The third-order valence-electron chi connectivity index (χ3n) is 2.91. The second kappa shape index (κ2) is 6.41. The molecule has 112 valence electrons. The molecule has 0 N–H and O–H groups in total. The summed E-state index contributed by atoms with van der Waals surface area (Å²) in [5.74, 6) is 1.42. The minimum Gasteiger partial charge on any atom is -0.309 e. The lowest BCUT2D eigenvalue weighted by molar-refractivity contribution is -0.384. The fourth-order valence-corrected chi connectivity index (χ4v) is 2.51. The predicted octanol–water partition coefficient (Wildman–Crippen LogP) is 3.90. The number of aromatic nitrogens is 3. The number of nitro benzene ring substituents is 1. The Balaban J connectivity index is 2.67. The molecule has 0 atom stereocenters. The van der Waals surface area contributed by atoms with Crippen LogP contribution in [0, 0.1) is 16.0 Å². The number of halogens is 2. The molecule has 0 amide bonds. The molecule has 0 radical (unpaired) electrons. The largest absolute Gasteiger partial charge is 0.309 e. The Morgan fingerprint density at radius 1 is 1.38 bits per heavy atom.